The molecule has 26 heavy (non-hydrogen) atoms. The van der Waals surface area contributed by atoms with Crippen molar-refractivity contribution in [2.75, 3.05) is 33.4 Å². The normalized spacial score (nSPS) is 15.9. The summed E-state index contributed by atoms with van der Waals surface area (Å²) in [5.41, 5.74) is -1.72. The predicted octanol–water partition coefficient (Wildman–Crippen LogP) is 1.90. The number of benzene rings is 1. The Balaban J connectivity index is 2.15. The van der Waals surface area contributed by atoms with Crippen LogP contribution in [-0.2, 0) is 14.1 Å². The van der Waals surface area contributed by atoms with Gasteiger partial charge in [0.15, 0.2) is 0 Å². The Hall–Kier alpha value is -1.51. The van der Waals surface area contributed by atoms with Crippen LogP contribution in [0.5, 0.6) is 0 Å². The van der Waals surface area contributed by atoms with Gasteiger partial charge in [0.2, 0.25) is 0 Å². The topological polar surface area (TPSA) is 48.0 Å². The minimum atomic E-state index is -0.917. The molecule has 1 amide bonds. The number of hydrogen-bond acceptors (Lipinski definition) is 4. The maximum atomic E-state index is 14.4. The number of nitrogens with zero attached hydrogens (tertiary/aromatic N) is 1. The molecule has 0 bridgehead atoms. The van der Waals surface area contributed by atoms with Crippen LogP contribution in [0.3, 0.4) is 0 Å². The van der Waals surface area contributed by atoms with Gasteiger partial charge in [-0.15, -0.1) is 0 Å². The molecule has 5 nitrogen and oxygen atoms in total. The van der Waals surface area contributed by atoms with Crippen molar-refractivity contribution in [1.82, 2.24) is 4.90 Å². The van der Waals surface area contributed by atoms with Crippen molar-refractivity contribution in [3.05, 3.63) is 29.3 Å². The van der Waals surface area contributed by atoms with Crippen LogP contribution in [0.4, 0.5) is 8.78 Å². The molecule has 8 heteroatoms. The fraction of sp³-hybridized carbons (Fsp3) is 0.611. The van der Waals surface area contributed by atoms with E-state index in [4.69, 9.17) is 14.1 Å². The van der Waals surface area contributed by atoms with Gasteiger partial charge < -0.3 is 19.0 Å². The van der Waals surface area contributed by atoms with Crippen molar-refractivity contribution in [2.24, 2.45) is 0 Å². The quantitative estimate of drug-likeness (QED) is 0.720. The SMILES string of the molecule is COC(C)(C)C(C)(C)O[B]c1cc(F)c(C(=O)N2CCOCC2)c(F)c1. The Bertz CT molecular complexity index is 638. The number of amides is 1. The summed E-state index contributed by atoms with van der Waals surface area (Å²) >= 11 is 0. The standard InChI is InChI=1S/C18H25BF2NO4/c1-17(2,24-5)18(3,4)26-19-12-10-13(20)15(14(21)11-12)16(23)22-6-8-25-9-7-22/h10-11H,6-9H2,1-5H3. The van der Waals surface area contributed by atoms with E-state index in [1.807, 2.05) is 27.7 Å². The van der Waals surface area contributed by atoms with E-state index in [1.165, 1.54) is 12.4 Å². The average molecular weight is 368 g/mol. The van der Waals surface area contributed by atoms with E-state index in [2.05, 4.69) is 0 Å². The summed E-state index contributed by atoms with van der Waals surface area (Å²) in [6, 6.07) is 2.18. The summed E-state index contributed by atoms with van der Waals surface area (Å²) in [4.78, 5) is 13.8. The zero-order valence-electron chi connectivity index (χ0n) is 15.9. The van der Waals surface area contributed by atoms with Crippen LogP contribution in [0.25, 0.3) is 0 Å². The molecule has 0 unspecified atom stereocenters. The van der Waals surface area contributed by atoms with Crippen LogP contribution in [0.1, 0.15) is 38.1 Å². The second-order valence-corrected chi connectivity index (χ2v) is 7.22. The Kier molecular flexibility index (Phi) is 6.42. The summed E-state index contributed by atoms with van der Waals surface area (Å²) in [7, 11) is 2.84. The largest absolute Gasteiger partial charge is 0.427 e. The van der Waals surface area contributed by atoms with Crippen LogP contribution < -0.4 is 5.46 Å². The van der Waals surface area contributed by atoms with Crippen molar-refractivity contribution in [3.8, 4) is 0 Å². The highest BCUT2D eigenvalue weighted by Crippen LogP contribution is 2.27. The summed E-state index contributed by atoms with van der Waals surface area (Å²) in [5.74, 6) is -2.50. The lowest BCUT2D eigenvalue weighted by atomic mass is 9.82. The molecule has 1 aromatic rings. The summed E-state index contributed by atoms with van der Waals surface area (Å²) in [6.45, 7) is 8.69. The van der Waals surface area contributed by atoms with Gasteiger partial charge in [-0.3, -0.25) is 4.79 Å². The van der Waals surface area contributed by atoms with Crippen molar-refractivity contribution >= 4 is 18.9 Å². The van der Waals surface area contributed by atoms with Gasteiger partial charge in [-0.05, 0) is 45.3 Å². The number of rotatable bonds is 6. The number of hydrogen-bond donors (Lipinski definition) is 0. The molecule has 0 aliphatic carbocycles. The number of carbonyl (C=O) groups excluding carboxylic acids is 1. The third kappa shape index (κ3) is 4.42. The zero-order chi connectivity index (χ0) is 19.5. The summed E-state index contributed by atoms with van der Waals surface area (Å²) < 4.78 is 45.1. The molecule has 1 radical (unpaired) electrons. The van der Waals surface area contributed by atoms with Crippen molar-refractivity contribution in [3.63, 3.8) is 0 Å². The highest BCUT2D eigenvalue weighted by molar-refractivity contribution is 6.47. The minimum absolute atomic E-state index is 0.193. The number of morpholine rings is 1. The molecule has 1 aliphatic heterocycles. The van der Waals surface area contributed by atoms with Crippen molar-refractivity contribution < 1.29 is 27.7 Å². The molecule has 0 aromatic heterocycles. The first kappa shape index (κ1) is 20.8. The Morgan fingerprint density at radius 1 is 1.12 bits per heavy atom. The van der Waals surface area contributed by atoms with Gasteiger partial charge in [0.05, 0.1) is 24.4 Å². The Morgan fingerprint density at radius 2 is 1.65 bits per heavy atom. The first-order valence-electron chi connectivity index (χ1n) is 8.51. The van der Waals surface area contributed by atoms with Gasteiger partial charge in [0, 0.05) is 20.2 Å². The highest BCUT2D eigenvalue weighted by Gasteiger charge is 2.38. The molecule has 1 aromatic carbocycles. The molecule has 1 heterocycles. The lowest BCUT2D eigenvalue weighted by molar-refractivity contribution is -0.114. The Morgan fingerprint density at radius 3 is 2.15 bits per heavy atom. The third-order valence-corrected chi connectivity index (χ3v) is 5.03. The van der Waals surface area contributed by atoms with Crippen LogP contribution in [0, 0.1) is 11.6 Å². The predicted molar refractivity (Wildman–Crippen MR) is 94.7 cm³/mol. The van der Waals surface area contributed by atoms with Gasteiger partial charge in [-0.25, -0.2) is 8.78 Å². The van der Waals surface area contributed by atoms with E-state index in [9.17, 15) is 13.6 Å². The van der Waals surface area contributed by atoms with Gasteiger partial charge in [-0.2, -0.15) is 0 Å². The first-order chi connectivity index (χ1) is 12.1. The molecule has 143 valence electrons. The Labute approximate surface area is 153 Å². The van der Waals surface area contributed by atoms with Crippen molar-refractivity contribution in [2.45, 2.75) is 38.9 Å². The van der Waals surface area contributed by atoms with Gasteiger partial charge in [0.25, 0.3) is 5.91 Å². The smallest absolute Gasteiger partial charge is 0.331 e. The molecule has 0 spiro atoms. The van der Waals surface area contributed by atoms with Crippen LogP contribution in [0.2, 0.25) is 0 Å². The van der Waals surface area contributed by atoms with E-state index in [-0.39, 0.29) is 5.46 Å². The summed E-state index contributed by atoms with van der Waals surface area (Å²) in [6.07, 6.45) is 0. The van der Waals surface area contributed by atoms with E-state index in [0.717, 1.165) is 12.1 Å². The van der Waals surface area contributed by atoms with Crippen LogP contribution in [-0.4, -0.2) is 62.9 Å². The lowest BCUT2D eigenvalue weighted by Gasteiger charge is -2.40. The van der Waals surface area contributed by atoms with Gasteiger partial charge in [0.1, 0.15) is 17.2 Å². The number of methoxy groups -OCH3 is 1. The van der Waals surface area contributed by atoms with Crippen LogP contribution >= 0.6 is 0 Å². The molecule has 1 saturated heterocycles. The van der Waals surface area contributed by atoms with Gasteiger partial charge in [-0.1, -0.05) is 0 Å². The minimum Gasteiger partial charge on any atom is -0.427 e. The fourth-order valence-corrected chi connectivity index (χ4v) is 2.39. The second-order valence-electron chi connectivity index (χ2n) is 7.22. The molecule has 0 saturated carbocycles. The number of halogens is 2. The molecule has 0 atom stereocenters. The monoisotopic (exact) mass is 368 g/mol. The van der Waals surface area contributed by atoms with Crippen LogP contribution in [0.15, 0.2) is 12.1 Å². The van der Waals surface area contributed by atoms with Crippen molar-refractivity contribution in [1.29, 1.82) is 0 Å². The number of carbonyl (C=O) groups is 1. The van der Waals surface area contributed by atoms with E-state index >= 15 is 0 Å². The highest BCUT2D eigenvalue weighted by atomic mass is 19.1. The first-order valence-corrected chi connectivity index (χ1v) is 8.51. The molecule has 0 N–H and O–H groups in total. The molecular weight excluding hydrogens is 343 g/mol. The average Bonchev–Trinajstić information content (AvgIpc) is 2.60. The molecule has 2 rings (SSSR count). The fourth-order valence-electron chi connectivity index (χ4n) is 2.39. The zero-order valence-corrected chi connectivity index (χ0v) is 15.9. The third-order valence-electron chi connectivity index (χ3n) is 5.03. The molecular formula is C18H25BF2NO4. The maximum Gasteiger partial charge on any atom is 0.331 e. The second kappa shape index (κ2) is 8.02. The van der Waals surface area contributed by atoms with E-state index < -0.39 is 34.3 Å². The maximum absolute atomic E-state index is 14.4. The van der Waals surface area contributed by atoms with Gasteiger partial charge >= 0.3 is 7.48 Å². The lowest BCUT2D eigenvalue weighted by Crippen LogP contribution is -2.50. The molecule has 1 fully saturated rings. The van der Waals surface area contributed by atoms with E-state index in [0.29, 0.717) is 26.3 Å². The molecule has 1 aliphatic rings. The van der Waals surface area contributed by atoms with E-state index in [1.54, 1.807) is 7.11 Å². The summed E-state index contributed by atoms with van der Waals surface area (Å²) in [5, 5.41) is 0. The number of ether oxygens (including phenoxy) is 2.